The summed E-state index contributed by atoms with van der Waals surface area (Å²) in [4.78, 5) is 0. The summed E-state index contributed by atoms with van der Waals surface area (Å²) in [5.74, 6) is 1.39. The lowest BCUT2D eigenvalue weighted by Crippen LogP contribution is -2.00. The molecule has 0 saturated carbocycles. The Kier molecular flexibility index (Phi) is 6.51. The van der Waals surface area contributed by atoms with Gasteiger partial charge in [-0.05, 0) is 37.2 Å². The van der Waals surface area contributed by atoms with Crippen LogP contribution in [0.15, 0.2) is 31.0 Å². The van der Waals surface area contributed by atoms with Gasteiger partial charge in [0.05, 0.1) is 0 Å². The molecule has 1 unspecified atom stereocenters. The van der Waals surface area contributed by atoms with E-state index in [1.807, 2.05) is 6.08 Å². The molecule has 0 heteroatoms. The fourth-order valence-corrected chi connectivity index (χ4v) is 1.37. The minimum atomic E-state index is 0.639. The second kappa shape index (κ2) is 6.94. The molecule has 0 rings (SSSR count). The molecule has 1 atom stereocenters. The highest BCUT2D eigenvalue weighted by Gasteiger charge is 2.05. The van der Waals surface area contributed by atoms with Gasteiger partial charge in [-0.25, -0.2) is 0 Å². The molecule has 0 aliphatic heterocycles. The van der Waals surface area contributed by atoms with Crippen molar-refractivity contribution in [2.24, 2.45) is 11.8 Å². The molecule has 0 bridgehead atoms. The minimum Gasteiger partial charge on any atom is -0.133 e. The third-order valence-corrected chi connectivity index (χ3v) is 1.87. The highest BCUT2D eigenvalue weighted by Crippen LogP contribution is 2.18. The summed E-state index contributed by atoms with van der Waals surface area (Å²) in [5, 5.41) is 0. The van der Waals surface area contributed by atoms with E-state index in [4.69, 9.17) is 0 Å². The van der Waals surface area contributed by atoms with Crippen molar-refractivity contribution >= 4 is 0 Å². The summed E-state index contributed by atoms with van der Waals surface area (Å²) in [7, 11) is 0. The van der Waals surface area contributed by atoms with E-state index in [1.54, 1.807) is 0 Å². The first-order valence-corrected chi connectivity index (χ1v) is 4.67. The van der Waals surface area contributed by atoms with Crippen molar-refractivity contribution in [1.82, 2.24) is 0 Å². The van der Waals surface area contributed by atoms with E-state index >= 15 is 0 Å². The Hall–Kier alpha value is -0.740. The van der Waals surface area contributed by atoms with Crippen LogP contribution in [-0.2, 0) is 0 Å². The van der Waals surface area contributed by atoms with Crippen LogP contribution in [0.1, 0.15) is 33.1 Å². The fourth-order valence-electron chi connectivity index (χ4n) is 1.37. The zero-order valence-corrected chi connectivity index (χ0v) is 8.34. The Balaban J connectivity index is 3.85. The van der Waals surface area contributed by atoms with E-state index < -0.39 is 0 Å². The molecule has 0 amide bonds. The van der Waals surface area contributed by atoms with Gasteiger partial charge in [-0.3, -0.25) is 0 Å². The van der Waals surface area contributed by atoms with E-state index in [0.717, 1.165) is 12.3 Å². The molecular formula is C12H20. The lowest BCUT2D eigenvalue weighted by molar-refractivity contribution is 0.455. The van der Waals surface area contributed by atoms with Crippen LogP contribution in [0.4, 0.5) is 0 Å². The Morgan fingerprint density at radius 2 is 2.08 bits per heavy atom. The Morgan fingerprint density at radius 1 is 1.42 bits per heavy atom. The van der Waals surface area contributed by atoms with Gasteiger partial charge in [-0.15, -0.1) is 12.3 Å². The molecule has 0 aliphatic rings. The van der Waals surface area contributed by atoms with E-state index in [2.05, 4.69) is 38.8 Å². The summed E-state index contributed by atoms with van der Waals surface area (Å²) in [5.41, 5.74) is 2.87. The van der Waals surface area contributed by atoms with Crippen molar-refractivity contribution < 1.29 is 0 Å². The largest absolute Gasteiger partial charge is 0.133 e. The molecule has 0 saturated heterocycles. The number of allylic oxidation sites excluding steroid dienone is 2. The average Bonchev–Trinajstić information content (AvgIpc) is 2.00. The van der Waals surface area contributed by atoms with Gasteiger partial charge in [0.2, 0.25) is 0 Å². The predicted molar refractivity (Wildman–Crippen MR) is 56.1 cm³/mol. The quantitative estimate of drug-likeness (QED) is 0.412. The third kappa shape index (κ3) is 6.00. The van der Waals surface area contributed by atoms with E-state index in [0.29, 0.717) is 5.92 Å². The van der Waals surface area contributed by atoms with Crippen molar-refractivity contribution in [3.8, 4) is 0 Å². The lowest BCUT2D eigenvalue weighted by Gasteiger charge is -2.12. The van der Waals surface area contributed by atoms with Gasteiger partial charge in [0.25, 0.3) is 0 Å². The summed E-state index contributed by atoms with van der Waals surface area (Å²) < 4.78 is 0. The summed E-state index contributed by atoms with van der Waals surface area (Å²) in [6.07, 6.45) is 7.57. The topological polar surface area (TPSA) is 0 Å². The first kappa shape index (κ1) is 11.3. The summed E-state index contributed by atoms with van der Waals surface area (Å²) in [6, 6.07) is 0. The third-order valence-electron chi connectivity index (χ3n) is 1.87. The van der Waals surface area contributed by atoms with Crippen molar-refractivity contribution in [2.45, 2.75) is 33.1 Å². The highest BCUT2D eigenvalue weighted by atomic mass is 14.1. The van der Waals surface area contributed by atoms with E-state index in [-0.39, 0.29) is 0 Å². The Labute approximate surface area is 76.7 Å². The molecular weight excluding hydrogens is 144 g/mol. The van der Waals surface area contributed by atoms with E-state index in [9.17, 15) is 0 Å². The molecule has 0 fully saturated rings. The normalized spacial score (nSPS) is 12.2. The zero-order valence-electron chi connectivity index (χ0n) is 8.34. The van der Waals surface area contributed by atoms with Gasteiger partial charge in [0.1, 0.15) is 0 Å². The number of hydrogen-bond acceptors (Lipinski definition) is 0. The average molecular weight is 164 g/mol. The van der Waals surface area contributed by atoms with Crippen molar-refractivity contribution in [3.63, 3.8) is 0 Å². The number of hydrogen-bond donors (Lipinski definition) is 0. The second-order valence-corrected chi connectivity index (χ2v) is 3.63. The molecule has 68 valence electrons. The van der Waals surface area contributed by atoms with Crippen LogP contribution in [0.3, 0.4) is 0 Å². The van der Waals surface area contributed by atoms with E-state index in [1.165, 1.54) is 12.8 Å². The van der Waals surface area contributed by atoms with Crippen molar-refractivity contribution in [1.29, 1.82) is 0 Å². The molecule has 0 nitrogen and oxygen atoms in total. The minimum absolute atomic E-state index is 0.639. The molecule has 0 aliphatic carbocycles. The maximum absolute atomic E-state index is 3.72. The van der Waals surface area contributed by atoms with Gasteiger partial charge < -0.3 is 0 Å². The van der Waals surface area contributed by atoms with Gasteiger partial charge in [-0.1, -0.05) is 26.5 Å². The fraction of sp³-hybridized carbons (Fsp3) is 0.583. The summed E-state index contributed by atoms with van der Waals surface area (Å²) >= 11 is 0. The molecule has 0 N–H and O–H groups in total. The molecule has 0 aromatic carbocycles. The summed E-state index contributed by atoms with van der Waals surface area (Å²) in [6.45, 7) is 11.8. The van der Waals surface area contributed by atoms with Gasteiger partial charge in [0.15, 0.2) is 0 Å². The highest BCUT2D eigenvalue weighted by molar-refractivity contribution is 4.86. The van der Waals surface area contributed by atoms with Crippen LogP contribution in [0, 0.1) is 11.8 Å². The van der Waals surface area contributed by atoms with Crippen molar-refractivity contribution in [3.05, 3.63) is 31.0 Å². The van der Waals surface area contributed by atoms with Crippen LogP contribution < -0.4 is 0 Å². The molecule has 0 aromatic rings. The van der Waals surface area contributed by atoms with Crippen LogP contribution >= 0.6 is 0 Å². The maximum Gasteiger partial charge on any atom is -0.0152 e. The monoisotopic (exact) mass is 164 g/mol. The van der Waals surface area contributed by atoms with Crippen LogP contribution in [0.2, 0.25) is 0 Å². The SMILES string of the molecule is C=C=CC(CCC=C)CC(C)C. The first-order chi connectivity index (χ1) is 5.70. The second-order valence-electron chi connectivity index (χ2n) is 3.63. The molecule has 0 heterocycles. The van der Waals surface area contributed by atoms with Gasteiger partial charge in [0, 0.05) is 0 Å². The van der Waals surface area contributed by atoms with Gasteiger partial charge in [-0.2, -0.15) is 0 Å². The van der Waals surface area contributed by atoms with Crippen molar-refractivity contribution in [2.75, 3.05) is 0 Å². The Morgan fingerprint density at radius 3 is 2.50 bits per heavy atom. The molecule has 0 aromatic heterocycles. The smallest absolute Gasteiger partial charge is 0.0152 e. The molecule has 0 radical (unpaired) electrons. The standard InChI is InChI=1S/C12H20/c1-5-7-9-12(8-6-2)10-11(3)4/h5,8,11-12H,1-2,7,9-10H2,3-4H3. The zero-order chi connectivity index (χ0) is 9.40. The lowest BCUT2D eigenvalue weighted by atomic mass is 9.93. The Bertz CT molecular complexity index is 159. The number of rotatable bonds is 6. The van der Waals surface area contributed by atoms with Crippen LogP contribution in [-0.4, -0.2) is 0 Å². The van der Waals surface area contributed by atoms with Crippen LogP contribution in [0.25, 0.3) is 0 Å². The molecule has 12 heavy (non-hydrogen) atoms. The maximum atomic E-state index is 3.72. The predicted octanol–water partition coefficient (Wildman–Crippen LogP) is 3.96. The van der Waals surface area contributed by atoms with Crippen LogP contribution in [0.5, 0.6) is 0 Å². The van der Waals surface area contributed by atoms with Gasteiger partial charge >= 0.3 is 0 Å². The molecule has 0 spiro atoms. The first-order valence-electron chi connectivity index (χ1n) is 4.67.